The summed E-state index contributed by atoms with van der Waals surface area (Å²) in [6.45, 7) is 2.33. The van der Waals surface area contributed by atoms with Crippen LogP contribution in [0.25, 0.3) is 0 Å². The Morgan fingerprint density at radius 2 is 1.73 bits per heavy atom. The van der Waals surface area contributed by atoms with E-state index in [0.29, 0.717) is 6.07 Å². The highest BCUT2D eigenvalue weighted by atomic mass is 16.6. The summed E-state index contributed by atoms with van der Waals surface area (Å²) in [5, 5.41) is 30.4. The molecule has 0 aliphatic heterocycles. The number of nitrogens with zero attached hydrogens (tertiary/aromatic N) is 2. The lowest BCUT2D eigenvalue weighted by Gasteiger charge is -2.12. The number of hydrogen-bond acceptors (Lipinski definition) is 8. The van der Waals surface area contributed by atoms with Crippen LogP contribution in [0.15, 0.2) is 30.9 Å². The minimum absolute atomic E-state index is 0.490. The molecule has 0 bridgehead atoms. The summed E-state index contributed by atoms with van der Waals surface area (Å²) >= 11 is 0. The van der Waals surface area contributed by atoms with Crippen molar-refractivity contribution in [1.82, 2.24) is 0 Å². The lowest BCUT2D eigenvalue weighted by Crippen LogP contribution is -2.29. The van der Waals surface area contributed by atoms with Crippen molar-refractivity contribution in [3.8, 4) is 0 Å². The molecule has 0 spiro atoms. The molecule has 0 fully saturated rings. The molecule has 0 radical (unpaired) electrons. The van der Waals surface area contributed by atoms with Crippen molar-refractivity contribution in [3.05, 3.63) is 56.6 Å². The van der Waals surface area contributed by atoms with E-state index < -0.39 is 51.2 Å². The Balaban J connectivity index is 3.16. The number of carbonyl (C=O) groups excluding carboxylic acids is 2. The van der Waals surface area contributed by atoms with Crippen LogP contribution in [0.5, 0.6) is 0 Å². The number of benzene rings is 1. The number of nitro groups is 2. The Bertz CT molecular complexity index is 622. The maximum Gasteiger partial charge on any atom is 0.339 e. The zero-order chi connectivity index (χ0) is 16.9. The summed E-state index contributed by atoms with van der Waals surface area (Å²) in [6, 6.07) is 2.21. The third kappa shape index (κ3) is 3.93. The van der Waals surface area contributed by atoms with Crippen LogP contribution in [-0.2, 0) is 9.53 Å². The highest BCUT2D eigenvalue weighted by Gasteiger charge is 2.24. The standard InChI is InChI=1S/C12H10N2O8/c1-2-10(16)11(6-15)22-12(17)7-3-8(13(18)19)5-9(4-7)14(20)21/h2-5,11,15H,1,6H2. The number of ketones is 1. The van der Waals surface area contributed by atoms with E-state index in [2.05, 4.69) is 11.3 Å². The molecule has 0 aromatic heterocycles. The van der Waals surface area contributed by atoms with Gasteiger partial charge in [0.05, 0.1) is 28.1 Å². The van der Waals surface area contributed by atoms with E-state index in [0.717, 1.165) is 18.2 Å². The Morgan fingerprint density at radius 1 is 1.23 bits per heavy atom. The van der Waals surface area contributed by atoms with Crippen LogP contribution in [0.1, 0.15) is 10.4 Å². The Kier molecular flexibility index (Phi) is 5.41. The molecule has 0 aliphatic rings. The van der Waals surface area contributed by atoms with Crippen LogP contribution in [0, 0.1) is 20.2 Å². The predicted octanol–water partition coefficient (Wildman–Crippen LogP) is 0.776. The Morgan fingerprint density at radius 3 is 2.09 bits per heavy atom. The fraction of sp³-hybridized carbons (Fsp3) is 0.167. The molecule has 0 saturated carbocycles. The number of esters is 1. The Labute approximate surface area is 122 Å². The first-order valence-electron chi connectivity index (χ1n) is 5.72. The van der Waals surface area contributed by atoms with E-state index in [9.17, 15) is 29.8 Å². The van der Waals surface area contributed by atoms with Crippen molar-refractivity contribution >= 4 is 23.1 Å². The number of nitro benzene ring substituents is 2. The average Bonchev–Trinajstić information content (AvgIpc) is 2.50. The molecule has 0 amide bonds. The van der Waals surface area contributed by atoms with Crippen LogP contribution < -0.4 is 0 Å². The molecule has 1 unspecified atom stereocenters. The van der Waals surface area contributed by atoms with Gasteiger partial charge in [-0.2, -0.15) is 0 Å². The lowest BCUT2D eigenvalue weighted by atomic mass is 10.1. The first kappa shape index (κ1) is 16.9. The molecule has 0 heterocycles. The normalized spacial score (nSPS) is 11.3. The smallest absolute Gasteiger partial charge is 0.339 e. The summed E-state index contributed by atoms with van der Waals surface area (Å²) in [4.78, 5) is 42.7. The number of carbonyl (C=O) groups is 2. The van der Waals surface area contributed by atoms with E-state index in [1.165, 1.54) is 0 Å². The van der Waals surface area contributed by atoms with Gasteiger partial charge in [-0.05, 0) is 6.08 Å². The molecule has 22 heavy (non-hydrogen) atoms. The summed E-state index contributed by atoms with van der Waals surface area (Å²) in [5.74, 6) is -2.00. The highest BCUT2D eigenvalue weighted by molar-refractivity contribution is 5.97. The van der Waals surface area contributed by atoms with Crippen LogP contribution in [0.4, 0.5) is 11.4 Å². The molecule has 0 aliphatic carbocycles. The van der Waals surface area contributed by atoms with Crippen molar-refractivity contribution in [3.63, 3.8) is 0 Å². The fourth-order valence-electron chi connectivity index (χ4n) is 1.44. The van der Waals surface area contributed by atoms with Gasteiger partial charge >= 0.3 is 5.97 Å². The van der Waals surface area contributed by atoms with Gasteiger partial charge in [-0.15, -0.1) is 0 Å². The van der Waals surface area contributed by atoms with E-state index in [4.69, 9.17) is 5.11 Å². The molecule has 116 valence electrons. The van der Waals surface area contributed by atoms with Crippen molar-refractivity contribution in [2.45, 2.75) is 6.10 Å². The lowest BCUT2D eigenvalue weighted by molar-refractivity contribution is -0.394. The number of hydrogen-bond donors (Lipinski definition) is 1. The summed E-state index contributed by atoms with van der Waals surface area (Å²) in [5.41, 5.74) is -1.86. The molecule has 10 nitrogen and oxygen atoms in total. The number of non-ortho nitro benzene ring substituents is 2. The molecule has 10 heteroatoms. The number of aliphatic hydroxyl groups excluding tert-OH is 1. The molecule has 1 atom stereocenters. The van der Waals surface area contributed by atoms with Gasteiger partial charge in [0, 0.05) is 12.1 Å². The molecule has 1 aromatic carbocycles. The van der Waals surface area contributed by atoms with Gasteiger partial charge in [-0.25, -0.2) is 4.79 Å². The quantitative estimate of drug-likeness (QED) is 0.336. The first-order valence-corrected chi connectivity index (χ1v) is 5.72. The maximum atomic E-state index is 11.8. The van der Waals surface area contributed by atoms with Gasteiger partial charge in [0.15, 0.2) is 11.9 Å². The van der Waals surface area contributed by atoms with Crippen molar-refractivity contribution in [2.24, 2.45) is 0 Å². The van der Waals surface area contributed by atoms with Crippen LogP contribution in [0.3, 0.4) is 0 Å². The molecule has 1 N–H and O–H groups in total. The third-order valence-electron chi connectivity index (χ3n) is 2.49. The largest absolute Gasteiger partial charge is 0.448 e. The van der Waals surface area contributed by atoms with E-state index >= 15 is 0 Å². The van der Waals surface area contributed by atoms with Crippen molar-refractivity contribution in [2.75, 3.05) is 6.61 Å². The second-order valence-corrected chi connectivity index (χ2v) is 3.94. The third-order valence-corrected chi connectivity index (χ3v) is 2.49. The second kappa shape index (κ2) is 7.04. The molecule has 0 saturated heterocycles. The number of ether oxygens (including phenoxy) is 1. The molecular weight excluding hydrogens is 300 g/mol. The van der Waals surface area contributed by atoms with E-state index in [1.807, 2.05) is 0 Å². The van der Waals surface area contributed by atoms with Gasteiger partial charge in [0.25, 0.3) is 11.4 Å². The summed E-state index contributed by atoms with van der Waals surface area (Å²) in [6.07, 6.45) is -0.715. The average molecular weight is 310 g/mol. The zero-order valence-electron chi connectivity index (χ0n) is 11.0. The first-order chi connectivity index (χ1) is 10.3. The van der Waals surface area contributed by atoms with E-state index in [1.54, 1.807) is 0 Å². The highest BCUT2D eigenvalue weighted by Crippen LogP contribution is 2.23. The fourth-order valence-corrected chi connectivity index (χ4v) is 1.44. The monoisotopic (exact) mass is 310 g/mol. The second-order valence-electron chi connectivity index (χ2n) is 3.94. The number of rotatable bonds is 7. The van der Waals surface area contributed by atoms with Gasteiger partial charge in [0.2, 0.25) is 0 Å². The van der Waals surface area contributed by atoms with Gasteiger partial charge in [0.1, 0.15) is 0 Å². The minimum Gasteiger partial charge on any atom is -0.448 e. The maximum absolute atomic E-state index is 11.8. The van der Waals surface area contributed by atoms with Gasteiger partial charge < -0.3 is 9.84 Å². The van der Waals surface area contributed by atoms with Crippen LogP contribution in [-0.4, -0.2) is 39.4 Å². The van der Waals surface area contributed by atoms with E-state index in [-0.39, 0.29) is 0 Å². The Hall–Kier alpha value is -3.14. The van der Waals surface area contributed by atoms with Gasteiger partial charge in [-0.3, -0.25) is 25.0 Å². The number of aliphatic hydroxyl groups is 1. The zero-order valence-corrected chi connectivity index (χ0v) is 11.0. The molecule has 1 aromatic rings. The molecular formula is C12H10N2O8. The minimum atomic E-state index is -1.54. The summed E-state index contributed by atoms with van der Waals surface area (Å²) < 4.78 is 4.65. The van der Waals surface area contributed by atoms with Crippen molar-refractivity contribution in [1.29, 1.82) is 0 Å². The topological polar surface area (TPSA) is 150 Å². The predicted molar refractivity (Wildman–Crippen MR) is 71.2 cm³/mol. The SMILES string of the molecule is C=CC(=O)C(CO)OC(=O)c1cc([N+](=O)[O-])cc([N+](=O)[O-])c1. The van der Waals surface area contributed by atoms with Gasteiger partial charge in [-0.1, -0.05) is 6.58 Å². The summed E-state index contributed by atoms with van der Waals surface area (Å²) in [7, 11) is 0. The van der Waals surface area contributed by atoms with Crippen LogP contribution in [0.2, 0.25) is 0 Å². The molecule has 1 rings (SSSR count). The van der Waals surface area contributed by atoms with Crippen molar-refractivity contribution < 1.29 is 29.3 Å². The van der Waals surface area contributed by atoms with Crippen LogP contribution >= 0.6 is 0 Å².